The summed E-state index contributed by atoms with van der Waals surface area (Å²) in [6.07, 6.45) is -1.03. The monoisotopic (exact) mass is 307 g/mol. The lowest BCUT2D eigenvalue weighted by atomic mass is 9.78. The Kier molecular flexibility index (Phi) is 3.88. The fraction of sp³-hybridized carbons (Fsp3) is 0.500. The zero-order chi connectivity index (χ0) is 14.3. The number of rotatable bonds is 3. The molecule has 1 aromatic carbocycles. The van der Waals surface area contributed by atoms with Crippen molar-refractivity contribution in [2.75, 3.05) is 18.1 Å². The number of aliphatic hydroxyl groups is 1. The molecule has 1 heterocycles. The van der Waals surface area contributed by atoms with Gasteiger partial charge >= 0.3 is 0 Å². The molecule has 0 amide bonds. The third-order valence-electron chi connectivity index (χ3n) is 3.66. The highest BCUT2D eigenvalue weighted by Crippen LogP contribution is 2.43. The van der Waals surface area contributed by atoms with Crippen LogP contribution in [0.1, 0.15) is 18.1 Å². The van der Waals surface area contributed by atoms with Crippen molar-refractivity contribution in [3.8, 4) is 0 Å². The van der Waals surface area contributed by atoms with E-state index in [2.05, 4.69) is 0 Å². The summed E-state index contributed by atoms with van der Waals surface area (Å²) in [6, 6.07) is 3.91. The number of hydrogen-bond donors (Lipinski definition) is 2. The summed E-state index contributed by atoms with van der Waals surface area (Å²) in [6.45, 7) is -0.0184. The van der Waals surface area contributed by atoms with E-state index < -0.39 is 27.2 Å². The Balaban J connectivity index is 2.39. The van der Waals surface area contributed by atoms with Crippen LogP contribution in [0.3, 0.4) is 0 Å². The van der Waals surface area contributed by atoms with Gasteiger partial charge < -0.3 is 10.8 Å². The van der Waals surface area contributed by atoms with Crippen LogP contribution in [0.25, 0.3) is 0 Å². The molecule has 1 saturated heterocycles. The van der Waals surface area contributed by atoms with E-state index in [4.69, 9.17) is 17.3 Å². The molecule has 1 fully saturated rings. The standard InChI is InChI=1S/C12H15ClFNO3S/c13-8-1-2-9(10(14)5-8)11(16)12(6-15)3-4-19(17,18)7-12/h1-2,5,11,16H,3-4,6-7,15H2. The molecule has 2 rings (SSSR count). The van der Waals surface area contributed by atoms with Crippen LogP contribution >= 0.6 is 11.6 Å². The topological polar surface area (TPSA) is 80.4 Å². The zero-order valence-corrected chi connectivity index (χ0v) is 11.7. The molecule has 1 aliphatic rings. The van der Waals surface area contributed by atoms with Gasteiger partial charge in [-0.1, -0.05) is 17.7 Å². The molecule has 1 aromatic rings. The molecular weight excluding hydrogens is 293 g/mol. The second kappa shape index (κ2) is 5.01. The number of halogens is 2. The van der Waals surface area contributed by atoms with Gasteiger partial charge in [0.2, 0.25) is 0 Å². The average molecular weight is 308 g/mol. The van der Waals surface area contributed by atoms with Crippen molar-refractivity contribution >= 4 is 21.4 Å². The molecular formula is C12H15ClFNO3S. The van der Waals surface area contributed by atoms with Crippen LogP contribution in [-0.2, 0) is 9.84 Å². The normalized spacial score (nSPS) is 27.4. The molecule has 7 heteroatoms. The van der Waals surface area contributed by atoms with E-state index in [0.29, 0.717) is 0 Å². The van der Waals surface area contributed by atoms with E-state index in [0.717, 1.165) is 6.07 Å². The summed E-state index contributed by atoms with van der Waals surface area (Å²) in [5, 5.41) is 10.6. The highest BCUT2D eigenvalue weighted by Gasteiger charge is 2.47. The highest BCUT2D eigenvalue weighted by molar-refractivity contribution is 7.91. The number of aliphatic hydroxyl groups excluding tert-OH is 1. The van der Waals surface area contributed by atoms with Gasteiger partial charge in [0, 0.05) is 22.5 Å². The third-order valence-corrected chi connectivity index (χ3v) is 5.74. The van der Waals surface area contributed by atoms with E-state index in [1.807, 2.05) is 0 Å². The SMILES string of the molecule is NCC1(C(O)c2ccc(Cl)cc2F)CCS(=O)(=O)C1. The average Bonchev–Trinajstić information content (AvgIpc) is 2.65. The lowest BCUT2D eigenvalue weighted by Crippen LogP contribution is -2.38. The minimum absolute atomic E-state index is 0.0184. The molecule has 0 bridgehead atoms. The fourth-order valence-corrected chi connectivity index (χ4v) is 4.80. The van der Waals surface area contributed by atoms with Gasteiger partial charge in [0.05, 0.1) is 17.6 Å². The van der Waals surface area contributed by atoms with E-state index in [1.54, 1.807) is 0 Å². The minimum Gasteiger partial charge on any atom is -0.388 e. The van der Waals surface area contributed by atoms with Crippen LogP contribution in [0, 0.1) is 11.2 Å². The molecule has 0 spiro atoms. The summed E-state index contributed by atoms with van der Waals surface area (Å²) < 4.78 is 37.0. The van der Waals surface area contributed by atoms with E-state index >= 15 is 0 Å². The van der Waals surface area contributed by atoms with Gasteiger partial charge in [-0.15, -0.1) is 0 Å². The summed E-state index contributed by atoms with van der Waals surface area (Å²) in [7, 11) is -3.23. The van der Waals surface area contributed by atoms with Gasteiger partial charge in [-0.2, -0.15) is 0 Å². The third kappa shape index (κ3) is 2.76. The zero-order valence-electron chi connectivity index (χ0n) is 10.1. The van der Waals surface area contributed by atoms with Gasteiger partial charge in [-0.3, -0.25) is 0 Å². The van der Waals surface area contributed by atoms with Crippen molar-refractivity contribution < 1.29 is 17.9 Å². The van der Waals surface area contributed by atoms with Crippen molar-refractivity contribution in [1.29, 1.82) is 0 Å². The number of benzene rings is 1. The summed E-state index contributed by atoms with van der Waals surface area (Å²) >= 11 is 5.65. The number of hydrogen-bond acceptors (Lipinski definition) is 4. The second-order valence-electron chi connectivity index (χ2n) is 4.98. The number of sulfone groups is 1. The fourth-order valence-electron chi connectivity index (χ4n) is 2.48. The van der Waals surface area contributed by atoms with Crippen LogP contribution in [0.2, 0.25) is 5.02 Å². The molecule has 3 N–H and O–H groups in total. The molecule has 0 saturated carbocycles. The Morgan fingerprint density at radius 1 is 1.53 bits per heavy atom. The van der Waals surface area contributed by atoms with Crippen molar-refractivity contribution in [2.45, 2.75) is 12.5 Å². The summed E-state index contributed by atoms with van der Waals surface area (Å²) in [5.74, 6) is -0.909. The van der Waals surface area contributed by atoms with Crippen LogP contribution in [0.4, 0.5) is 4.39 Å². The first-order valence-electron chi connectivity index (χ1n) is 5.83. The van der Waals surface area contributed by atoms with Gasteiger partial charge in [-0.25, -0.2) is 12.8 Å². The summed E-state index contributed by atoms with van der Waals surface area (Å²) in [4.78, 5) is 0. The maximum atomic E-state index is 13.8. The van der Waals surface area contributed by atoms with Crippen LogP contribution < -0.4 is 5.73 Å². The lowest BCUT2D eigenvalue weighted by molar-refractivity contribution is 0.0443. The molecule has 0 aliphatic carbocycles. The first-order valence-corrected chi connectivity index (χ1v) is 8.03. The van der Waals surface area contributed by atoms with Crippen molar-refractivity contribution in [1.82, 2.24) is 0 Å². The van der Waals surface area contributed by atoms with E-state index in [-0.39, 0.29) is 35.1 Å². The maximum Gasteiger partial charge on any atom is 0.151 e. The molecule has 0 aromatic heterocycles. The van der Waals surface area contributed by atoms with Gasteiger partial charge in [-0.05, 0) is 18.6 Å². The molecule has 0 radical (unpaired) electrons. The van der Waals surface area contributed by atoms with E-state index in [9.17, 15) is 17.9 Å². The lowest BCUT2D eigenvalue weighted by Gasteiger charge is -2.32. The molecule has 2 atom stereocenters. The predicted octanol–water partition coefficient (Wildman–Crippen LogP) is 1.28. The Morgan fingerprint density at radius 2 is 2.21 bits per heavy atom. The number of nitrogens with two attached hydrogens (primary N) is 1. The Hall–Kier alpha value is -0.690. The van der Waals surface area contributed by atoms with Crippen LogP contribution in [-0.4, -0.2) is 31.6 Å². The van der Waals surface area contributed by atoms with Gasteiger partial charge in [0.15, 0.2) is 9.84 Å². The van der Waals surface area contributed by atoms with Crippen LogP contribution in [0.15, 0.2) is 18.2 Å². The van der Waals surface area contributed by atoms with Gasteiger partial charge in [0.1, 0.15) is 5.82 Å². The Bertz CT molecular complexity index is 593. The predicted molar refractivity (Wildman–Crippen MR) is 71.1 cm³/mol. The molecule has 4 nitrogen and oxygen atoms in total. The largest absolute Gasteiger partial charge is 0.388 e. The van der Waals surface area contributed by atoms with Crippen molar-refractivity contribution in [3.05, 3.63) is 34.6 Å². The Morgan fingerprint density at radius 3 is 2.68 bits per heavy atom. The van der Waals surface area contributed by atoms with Crippen molar-refractivity contribution in [2.24, 2.45) is 11.1 Å². The summed E-state index contributed by atoms with van der Waals surface area (Å²) in [5.41, 5.74) is 4.65. The molecule has 1 aliphatic heterocycles. The smallest absolute Gasteiger partial charge is 0.151 e. The second-order valence-corrected chi connectivity index (χ2v) is 7.60. The highest BCUT2D eigenvalue weighted by atomic mass is 35.5. The van der Waals surface area contributed by atoms with Gasteiger partial charge in [0.25, 0.3) is 0 Å². The quantitative estimate of drug-likeness (QED) is 0.881. The maximum absolute atomic E-state index is 13.8. The van der Waals surface area contributed by atoms with E-state index in [1.165, 1.54) is 12.1 Å². The molecule has 19 heavy (non-hydrogen) atoms. The van der Waals surface area contributed by atoms with Crippen LogP contribution in [0.5, 0.6) is 0 Å². The first-order chi connectivity index (χ1) is 8.80. The molecule has 2 unspecified atom stereocenters. The Labute approximate surface area is 116 Å². The molecule has 106 valence electrons. The van der Waals surface area contributed by atoms with Crippen molar-refractivity contribution in [3.63, 3.8) is 0 Å². The first kappa shape index (κ1) is 14.7. The minimum atomic E-state index is -3.23.